The van der Waals surface area contributed by atoms with Crippen molar-refractivity contribution < 1.29 is 9.52 Å². The number of furan rings is 1. The topological polar surface area (TPSA) is 51.2 Å². The minimum atomic E-state index is 0.252. The van der Waals surface area contributed by atoms with Gasteiger partial charge in [0, 0.05) is 25.8 Å². The van der Waals surface area contributed by atoms with Gasteiger partial charge in [0.05, 0.1) is 0 Å². The van der Waals surface area contributed by atoms with E-state index in [2.05, 4.69) is 9.55 Å². The average molecular weight is 232 g/mol. The molecule has 0 fully saturated rings. The average Bonchev–Trinajstić information content (AvgIpc) is 2.93. The van der Waals surface area contributed by atoms with Crippen molar-refractivity contribution in [3.63, 3.8) is 0 Å². The standard InChI is InChI=1S/C13H16N2O2/c1-9-2-3-12(17-9)11-7-15-5-4-10(8-16)6-13(15)14-11/h2-3,7,10,16H,4-6,8H2,1H3. The second-order valence-corrected chi connectivity index (χ2v) is 4.69. The summed E-state index contributed by atoms with van der Waals surface area (Å²) in [5.41, 5.74) is 0.895. The van der Waals surface area contributed by atoms with Gasteiger partial charge >= 0.3 is 0 Å². The van der Waals surface area contributed by atoms with E-state index in [0.717, 1.165) is 42.4 Å². The van der Waals surface area contributed by atoms with Crippen molar-refractivity contribution >= 4 is 0 Å². The maximum absolute atomic E-state index is 9.19. The Kier molecular flexibility index (Phi) is 2.52. The summed E-state index contributed by atoms with van der Waals surface area (Å²) in [4.78, 5) is 4.59. The molecule has 0 saturated carbocycles. The fourth-order valence-corrected chi connectivity index (χ4v) is 2.34. The first-order valence-corrected chi connectivity index (χ1v) is 6.00. The van der Waals surface area contributed by atoms with Crippen LogP contribution < -0.4 is 0 Å². The summed E-state index contributed by atoms with van der Waals surface area (Å²) in [5, 5.41) is 9.19. The molecule has 90 valence electrons. The van der Waals surface area contributed by atoms with E-state index < -0.39 is 0 Å². The molecule has 2 aromatic rings. The molecule has 2 aromatic heterocycles. The Morgan fingerprint density at radius 1 is 1.53 bits per heavy atom. The van der Waals surface area contributed by atoms with E-state index >= 15 is 0 Å². The summed E-state index contributed by atoms with van der Waals surface area (Å²) < 4.78 is 7.74. The van der Waals surface area contributed by atoms with Crippen molar-refractivity contribution in [3.05, 3.63) is 29.9 Å². The van der Waals surface area contributed by atoms with Gasteiger partial charge in [-0.3, -0.25) is 0 Å². The van der Waals surface area contributed by atoms with Crippen LogP contribution in [0.5, 0.6) is 0 Å². The first kappa shape index (κ1) is 10.6. The second-order valence-electron chi connectivity index (χ2n) is 4.69. The number of fused-ring (bicyclic) bond motifs is 1. The lowest BCUT2D eigenvalue weighted by Gasteiger charge is -2.20. The molecule has 4 nitrogen and oxygen atoms in total. The van der Waals surface area contributed by atoms with E-state index in [4.69, 9.17) is 4.42 Å². The van der Waals surface area contributed by atoms with Crippen molar-refractivity contribution in [3.8, 4) is 11.5 Å². The molecule has 4 heteroatoms. The molecule has 1 atom stereocenters. The van der Waals surface area contributed by atoms with Gasteiger partial charge in [-0.05, 0) is 31.4 Å². The third-order valence-electron chi connectivity index (χ3n) is 3.36. The molecule has 1 unspecified atom stereocenters. The van der Waals surface area contributed by atoms with Crippen LogP contribution in [0.2, 0.25) is 0 Å². The van der Waals surface area contributed by atoms with Gasteiger partial charge < -0.3 is 14.1 Å². The molecule has 0 aromatic carbocycles. The highest BCUT2D eigenvalue weighted by molar-refractivity contribution is 5.51. The number of hydrogen-bond acceptors (Lipinski definition) is 3. The predicted octanol–water partition coefficient (Wildman–Crippen LogP) is 2.01. The van der Waals surface area contributed by atoms with Crippen molar-refractivity contribution in [1.29, 1.82) is 0 Å². The summed E-state index contributed by atoms with van der Waals surface area (Å²) in [6.07, 6.45) is 3.92. The number of aromatic nitrogens is 2. The molecule has 3 rings (SSSR count). The highest BCUT2D eigenvalue weighted by Crippen LogP contribution is 2.25. The molecule has 0 bridgehead atoms. The zero-order chi connectivity index (χ0) is 11.8. The highest BCUT2D eigenvalue weighted by Gasteiger charge is 2.21. The molecule has 1 N–H and O–H groups in total. The molecule has 0 spiro atoms. The molecule has 0 radical (unpaired) electrons. The zero-order valence-electron chi connectivity index (χ0n) is 9.89. The number of nitrogens with zero attached hydrogens (tertiary/aromatic N) is 2. The van der Waals surface area contributed by atoms with Crippen molar-refractivity contribution in [1.82, 2.24) is 9.55 Å². The Bertz CT molecular complexity index is 527. The Balaban J connectivity index is 1.92. The molecule has 0 aliphatic carbocycles. The Morgan fingerprint density at radius 2 is 2.41 bits per heavy atom. The number of aliphatic hydroxyl groups excluding tert-OH is 1. The van der Waals surface area contributed by atoms with Crippen LogP contribution in [0.1, 0.15) is 18.0 Å². The van der Waals surface area contributed by atoms with Gasteiger partial charge in [-0.15, -0.1) is 0 Å². The van der Waals surface area contributed by atoms with Gasteiger partial charge in [-0.25, -0.2) is 4.98 Å². The molecule has 1 aliphatic rings. The second kappa shape index (κ2) is 4.04. The molecule has 1 aliphatic heterocycles. The Morgan fingerprint density at radius 3 is 3.12 bits per heavy atom. The van der Waals surface area contributed by atoms with E-state index in [0.29, 0.717) is 5.92 Å². The third kappa shape index (κ3) is 1.89. The minimum Gasteiger partial charge on any atom is -0.460 e. The van der Waals surface area contributed by atoms with Gasteiger partial charge in [0.25, 0.3) is 0 Å². The maximum Gasteiger partial charge on any atom is 0.154 e. The van der Waals surface area contributed by atoms with Crippen molar-refractivity contribution in [2.24, 2.45) is 5.92 Å². The van der Waals surface area contributed by atoms with Crippen LogP contribution in [-0.2, 0) is 13.0 Å². The van der Waals surface area contributed by atoms with E-state index in [1.807, 2.05) is 25.3 Å². The largest absolute Gasteiger partial charge is 0.460 e. The van der Waals surface area contributed by atoms with Crippen LogP contribution in [0.15, 0.2) is 22.7 Å². The number of hydrogen-bond donors (Lipinski definition) is 1. The number of aliphatic hydroxyl groups is 1. The molecular weight excluding hydrogens is 216 g/mol. The van der Waals surface area contributed by atoms with Crippen LogP contribution in [-0.4, -0.2) is 21.3 Å². The fraction of sp³-hybridized carbons (Fsp3) is 0.462. The predicted molar refractivity (Wildman–Crippen MR) is 63.6 cm³/mol. The minimum absolute atomic E-state index is 0.252. The molecule has 17 heavy (non-hydrogen) atoms. The van der Waals surface area contributed by atoms with E-state index in [9.17, 15) is 5.11 Å². The highest BCUT2D eigenvalue weighted by atomic mass is 16.3. The van der Waals surface area contributed by atoms with Crippen LogP contribution in [0.25, 0.3) is 11.5 Å². The number of imidazole rings is 1. The lowest BCUT2D eigenvalue weighted by atomic mass is 9.99. The van der Waals surface area contributed by atoms with Gasteiger partial charge in [0.1, 0.15) is 17.3 Å². The summed E-state index contributed by atoms with van der Waals surface area (Å²) in [7, 11) is 0. The van der Waals surface area contributed by atoms with Crippen molar-refractivity contribution in [2.75, 3.05) is 6.61 Å². The van der Waals surface area contributed by atoms with Crippen LogP contribution in [0.4, 0.5) is 0 Å². The summed E-state index contributed by atoms with van der Waals surface area (Å²) in [6.45, 7) is 3.12. The van der Waals surface area contributed by atoms with E-state index in [1.54, 1.807) is 0 Å². The summed E-state index contributed by atoms with van der Waals surface area (Å²) in [5.74, 6) is 3.14. The number of rotatable bonds is 2. The SMILES string of the molecule is Cc1ccc(-c2cn3c(n2)CC(CO)CC3)o1. The maximum atomic E-state index is 9.19. The van der Waals surface area contributed by atoms with Crippen LogP contribution >= 0.6 is 0 Å². The van der Waals surface area contributed by atoms with Gasteiger partial charge in [-0.2, -0.15) is 0 Å². The smallest absolute Gasteiger partial charge is 0.154 e. The third-order valence-corrected chi connectivity index (χ3v) is 3.36. The Labute approximate surface area is 99.9 Å². The van der Waals surface area contributed by atoms with E-state index in [-0.39, 0.29) is 6.61 Å². The van der Waals surface area contributed by atoms with Gasteiger partial charge in [-0.1, -0.05) is 0 Å². The quantitative estimate of drug-likeness (QED) is 0.861. The number of aryl methyl sites for hydroxylation is 2. The van der Waals surface area contributed by atoms with Crippen LogP contribution in [0.3, 0.4) is 0 Å². The van der Waals surface area contributed by atoms with E-state index in [1.165, 1.54) is 0 Å². The normalized spacial score (nSPS) is 19.3. The fourth-order valence-electron chi connectivity index (χ4n) is 2.34. The Hall–Kier alpha value is -1.55. The lowest BCUT2D eigenvalue weighted by Crippen LogP contribution is -2.21. The monoisotopic (exact) mass is 232 g/mol. The van der Waals surface area contributed by atoms with Crippen LogP contribution in [0, 0.1) is 12.8 Å². The van der Waals surface area contributed by atoms with Gasteiger partial charge in [0.15, 0.2) is 5.76 Å². The molecule has 3 heterocycles. The lowest BCUT2D eigenvalue weighted by molar-refractivity contribution is 0.199. The summed E-state index contributed by atoms with van der Waals surface area (Å²) >= 11 is 0. The summed E-state index contributed by atoms with van der Waals surface area (Å²) in [6, 6.07) is 3.90. The zero-order valence-corrected chi connectivity index (χ0v) is 9.89. The first-order valence-electron chi connectivity index (χ1n) is 6.00. The van der Waals surface area contributed by atoms with Crippen molar-refractivity contribution in [2.45, 2.75) is 26.3 Å². The molecular formula is C13H16N2O2. The molecule has 0 amide bonds. The molecule has 0 saturated heterocycles. The van der Waals surface area contributed by atoms with Gasteiger partial charge in [0.2, 0.25) is 0 Å². The first-order chi connectivity index (χ1) is 8.26.